The molecule has 1 saturated heterocycles. The van der Waals surface area contributed by atoms with E-state index in [9.17, 15) is 0 Å². The molecule has 0 spiro atoms. The van der Waals surface area contributed by atoms with Gasteiger partial charge in [-0.15, -0.1) is 0 Å². The summed E-state index contributed by atoms with van der Waals surface area (Å²) < 4.78 is 21.0. The first-order valence-corrected chi connectivity index (χ1v) is 9.24. The Bertz CT molecular complexity index is 585. The molecule has 23 heavy (non-hydrogen) atoms. The van der Waals surface area contributed by atoms with Crippen LogP contribution in [0.25, 0.3) is 0 Å². The van der Waals surface area contributed by atoms with E-state index in [1.54, 1.807) is 25.3 Å². The fraction of sp³-hybridized carbons (Fsp3) is 0.684. The van der Waals surface area contributed by atoms with E-state index in [1.165, 1.54) is 25.7 Å². The molecule has 2 nitrogen and oxygen atoms in total. The number of hydrogen-bond acceptors (Lipinski definition) is 2. The molecule has 3 atom stereocenters. The molecule has 0 amide bonds. The highest BCUT2D eigenvalue weighted by atomic mass is 35.5. The van der Waals surface area contributed by atoms with Crippen molar-refractivity contribution in [3.8, 4) is 5.75 Å². The molecule has 0 N–H and O–H groups in total. The van der Waals surface area contributed by atoms with Gasteiger partial charge < -0.3 is 4.74 Å². The average Bonchev–Trinajstić information content (AvgIpc) is 3.19. The van der Waals surface area contributed by atoms with Crippen molar-refractivity contribution in [2.24, 2.45) is 11.8 Å². The first-order valence-electron chi connectivity index (χ1n) is 8.86. The lowest BCUT2D eigenvalue weighted by atomic mass is 9.83. The minimum Gasteiger partial charge on any atom is -0.496 e. The van der Waals surface area contributed by atoms with E-state index in [0.29, 0.717) is 35.2 Å². The first kappa shape index (κ1) is 15.7. The van der Waals surface area contributed by atoms with Crippen molar-refractivity contribution >= 4 is 11.6 Å². The molecule has 2 saturated carbocycles. The molecule has 1 aliphatic heterocycles. The molecule has 126 valence electrons. The number of ether oxygens (including phenoxy) is 1. The predicted molar refractivity (Wildman–Crippen MR) is 90.8 cm³/mol. The number of nitrogens with zero attached hydrogens (tertiary/aromatic N) is 1. The molecule has 1 aromatic carbocycles. The zero-order valence-electron chi connectivity index (χ0n) is 13.7. The number of methoxy groups -OCH3 is 1. The predicted octanol–water partition coefficient (Wildman–Crippen LogP) is 4.80. The van der Waals surface area contributed by atoms with Crippen LogP contribution in [0, 0.1) is 11.8 Å². The van der Waals surface area contributed by atoms with Gasteiger partial charge in [0.05, 0.1) is 7.11 Å². The first-order chi connectivity index (χ1) is 11.1. The Balaban J connectivity index is 1.49. The summed E-state index contributed by atoms with van der Waals surface area (Å²) in [6, 6.07) is 5.99. The lowest BCUT2D eigenvalue weighted by Gasteiger charge is -2.42. The summed E-state index contributed by atoms with van der Waals surface area (Å²) in [7, 11) is 1.60. The van der Waals surface area contributed by atoms with E-state index in [2.05, 4.69) is 4.90 Å². The van der Waals surface area contributed by atoms with Gasteiger partial charge >= 0.3 is 0 Å². The quantitative estimate of drug-likeness (QED) is 0.785. The number of halogens is 2. The summed E-state index contributed by atoms with van der Waals surface area (Å²) in [6.07, 6.45) is 6.63. The summed E-state index contributed by atoms with van der Waals surface area (Å²) in [5, 5.41) is 0.577. The van der Waals surface area contributed by atoms with E-state index < -0.39 is 5.67 Å². The van der Waals surface area contributed by atoms with Gasteiger partial charge in [-0.3, -0.25) is 4.90 Å². The topological polar surface area (TPSA) is 12.5 Å². The van der Waals surface area contributed by atoms with E-state index in [4.69, 9.17) is 16.3 Å². The maximum atomic E-state index is 15.6. The van der Waals surface area contributed by atoms with Crippen LogP contribution in [-0.2, 0) is 5.67 Å². The number of hydrogen-bond donors (Lipinski definition) is 0. The number of piperidine rings is 1. The van der Waals surface area contributed by atoms with Crippen LogP contribution < -0.4 is 4.74 Å². The number of fused-ring (bicyclic) bond motifs is 2. The molecule has 2 bridgehead atoms. The third-order valence-corrected chi connectivity index (χ3v) is 6.64. The molecule has 4 rings (SSSR count). The van der Waals surface area contributed by atoms with Gasteiger partial charge in [0.2, 0.25) is 0 Å². The second kappa shape index (κ2) is 5.93. The molecule has 2 aliphatic carbocycles. The summed E-state index contributed by atoms with van der Waals surface area (Å²) >= 11 is 6.10. The van der Waals surface area contributed by atoms with E-state index in [0.717, 1.165) is 24.9 Å². The Kier molecular flexibility index (Phi) is 4.05. The van der Waals surface area contributed by atoms with Crippen molar-refractivity contribution in [2.45, 2.75) is 50.2 Å². The monoisotopic (exact) mass is 337 g/mol. The number of alkyl halides is 1. The van der Waals surface area contributed by atoms with Crippen LogP contribution in [0.4, 0.5) is 4.39 Å². The Labute approximate surface area is 143 Å². The highest BCUT2D eigenvalue weighted by Crippen LogP contribution is 2.49. The van der Waals surface area contributed by atoms with Crippen LogP contribution in [0.3, 0.4) is 0 Å². The third-order valence-electron chi connectivity index (χ3n) is 6.40. The summed E-state index contributed by atoms with van der Waals surface area (Å²) in [5.41, 5.74) is -0.690. The molecule has 3 fully saturated rings. The minimum absolute atomic E-state index is 0.539. The molecule has 4 heteroatoms. The van der Waals surface area contributed by atoms with Gasteiger partial charge in [0.1, 0.15) is 11.4 Å². The summed E-state index contributed by atoms with van der Waals surface area (Å²) in [5.74, 6) is 2.42. The van der Waals surface area contributed by atoms with Crippen LogP contribution in [0.5, 0.6) is 5.75 Å². The van der Waals surface area contributed by atoms with Crippen molar-refractivity contribution in [1.82, 2.24) is 4.90 Å². The number of likely N-dealkylation sites (tertiary alicyclic amines) is 1. The number of benzene rings is 1. The van der Waals surface area contributed by atoms with Gasteiger partial charge in [0, 0.05) is 29.7 Å². The van der Waals surface area contributed by atoms with Gasteiger partial charge in [-0.05, 0) is 62.1 Å². The zero-order chi connectivity index (χ0) is 16.0. The SMILES string of the molecule is COc1ccc(Cl)cc1C1(F)CCN([C@H]2C[C@H]3CC[C@H]2C3)CC1. The molecule has 1 aromatic rings. The van der Waals surface area contributed by atoms with Gasteiger partial charge in [-0.2, -0.15) is 0 Å². The molecule has 3 aliphatic rings. The molecule has 0 radical (unpaired) electrons. The zero-order valence-corrected chi connectivity index (χ0v) is 14.5. The second-order valence-corrected chi connectivity index (χ2v) is 8.02. The third kappa shape index (κ3) is 2.76. The van der Waals surface area contributed by atoms with Gasteiger partial charge in [0.25, 0.3) is 0 Å². The van der Waals surface area contributed by atoms with Gasteiger partial charge in [-0.25, -0.2) is 4.39 Å². The molecule has 0 aromatic heterocycles. The van der Waals surface area contributed by atoms with Crippen molar-refractivity contribution < 1.29 is 9.13 Å². The Morgan fingerprint density at radius 3 is 2.61 bits per heavy atom. The molecule has 0 unspecified atom stereocenters. The van der Waals surface area contributed by atoms with Crippen LogP contribution >= 0.6 is 11.6 Å². The summed E-state index contributed by atoms with van der Waals surface area (Å²) in [6.45, 7) is 1.69. The van der Waals surface area contributed by atoms with E-state index in [1.807, 2.05) is 0 Å². The maximum absolute atomic E-state index is 15.6. The highest BCUT2D eigenvalue weighted by Gasteiger charge is 2.46. The Morgan fingerprint density at radius 2 is 2.00 bits per heavy atom. The molecular formula is C19H25ClFNO. The Morgan fingerprint density at radius 1 is 1.22 bits per heavy atom. The van der Waals surface area contributed by atoms with Crippen LogP contribution in [-0.4, -0.2) is 31.1 Å². The summed E-state index contributed by atoms with van der Waals surface area (Å²) in [4.78, 5) is 2.55. The fourth-order valence-electron chi connectivity index (χ4n) is 5.17. The standard InChI is InChI=1S/C19H25ClFNO/c1-23-18-5-4-15(20)12-16(18)19(21)6-8-22(9-7-19)17-11-13-2-3-14(17)10-13/h4-5,12-14,17H,2-3,6-11H2,1H3/t13-,14-,17-/m0/s1. The number of rotatable bonds is 3. The van der Waals surface area contributed by atoms with Crippen LogP contribution in [0.1, 0.15) is 44.1 Å². The molecular weight excluding hydrogens is 313 g/mol. The smallest absolute Gasteiger partial charge is 0.142 e. The van der Waals surface area contributed by atoms with Crippen molar-refractivity contribution in [2.75, 3.05) is 20.2 Å². The van der Waals surface area contributed by atoms with Crippen molar-refractivity contribution in [3.05, 3.63) is 28.8 Å². The highest BCUT2D eigenvalue weighted by molar-refractivity contribution is 6.30. The van der Waals surface area contributed by atoms with Crippen molar-refractivity contribution in [1.29, 1.82) is 0 Å². The van der Waals surface area contributed by atoms with Gasteiger partial charge in [0.15, 0.2) is 0 Å². The van der Waals surface area contributed by atoms with Gasteiger partial charge in [-0.1, -0.05) is 18.0 Å². The normalized spacial score (nSPS) is 33.1. The van der Waals surface area contributed by atoms with Crippen LogP contribution in [0.2, 0.25) is 5.02 Å². The maximum Gasteiger partial charge on any atom is 0.142 e. The second-order valence-electron chi connectivity index (χ2n) is 7.59. The van der Waals surface area contributed by atoms with E-state index in [-0.39, 0.29) is 0 Å². The fourth-order valence-corrected chi connectivity index (χ4v) is 5.34. The average molecular weight is 338 g/mol. The minimum atomic E-state index is -1.32. The van der Waals surface area contributed by atoms with Crippen LogP contribution in [0.15, 0.2) is 18.2 Å². The largest absolute Gasteiger partial charge is 0.496 e. The lowest BCUT2D eigenvalue weighted by molar-refractivity contribution is 0.0210. The molecule has 1 heterocycles. The van der Waals surface area contributed by atoms with E-state index >= 15 is 4.39 Å². The van der Waals surface area contributed by atoms with Crippen molar-refractivity contribution in [3.63, 3.8) is 0 Å². The Hall–Kier alpha value is -0.800. The lowest BCUT2D eigenvalue weighted by Crippen LogP contribution is -2.47.